The average molecular weight is 435 g/mol. The van der Waals surface area contributed by atoms with Crippen molar-refractivity contribution in [1.29, 1.82) is 0 Å². The van der Waals surface area contributed by atoms with Crippen LogP contribution in [0.15, 0.2) is 60.7 Å². The molecule has 1 saturated carbocycles. The molecule has 32 heavy (non-hydrogen) atoms. The first-order valence-corrected chi connectivity index (χ1v) is 12.0. The van der Waals surface area contributed by atoms with Gasteiger partial charge in [-0.05, 0) is 55.5 Å². The maximum Gasteiger partial charge on any atom is 0.338 e. The van der Waals surface area contributed by atoms with Gasteiger partial charge in [0.15, 0.2) is 0 Å². The number of carbonyl (C=O) groups excluding carboxylic acids is 2. The molecule has 1 aliphatic carbocycles. The van der Waals surface area contributed by atoms with E-state index in [-0.39, 0.29) is 12.1 Å². The number of esters is 2. The van der Waals surface area contributed by atoms with E-state index in [0.717, 1.165) is 31.2 Å². The summed E-state index contributed by atoms with van der Waals surface area (Å²) in [6.45, 7) is 0. The molecule has 0 atom stereocenters. The number of ether oxygens (including phenoxy) is 2. The van der Waals surface area contributed by atoms with E-state index in [1.807, 2.05) is 30.3 Å². The van der Waals surface area contributed by atoms with Gasteiger partial charge in [-0.3, -0.25) is 0 Å². The molecule has 0 radical (unpaired) electrons. The Morgan fingerprint density at radius 2 is 1.38 bits per heavy atom. The second kappa shape index (κ2) is 13.5. The van der Waals surface area contributed by atoms with Crippen molar-refractivity contribution in [2.45, 2.75) is 76.7 Å². The molecule has 4 nitrogen and oxygen atoms in total. The molecule has 2 aromatic carbocycles. The fourth-order valence-corrected chi connectivity index (χ4v) is 4.03. The van der Waals surface area contributed by atoms with Crippen molar-refractivity contribution in [3.8, 4) is 5.75 Å². The van der Waals surface area contributed by atoms with Crippen LogP contribution in [0.4, 0.5) is 0 Å². The van der Waals surface area contributed by atoms with E-state index in [9.17, 15) is 9.59 Å². The Bertz CT molecular complexity index is 860. The molecular weight excluding hydrogens is 400 g/mol. The van der Waals surface area contributed by atoms with E-state index in [1.165, 1.54) is 51.0 Å². The minimum atomic E-state index is -0.487. The standard InChI is InChI=1S/C28H34O4/c29-27(21-20-23-14-9-8-10-15-23)31-26-19-13-16-24(22-26)28(30)32-25-17-11-6-4-2-1-3-5-7-12-18-25/h8-10,13-16,19-22,25H,1-7,11-12,17-18H2/b21-20+. The average Bonchev–Trinajstić information content (AvgIpc) is 2.80. The molecule has 0 N–H and O–H groups in total. The van der Waals surface area contributed by atoms with E-state index in [1.54, 1.807) is 30.3 Å². The quantitative estimate of drug-likeness (QED) is 0.285. The Balaban J connectivity index is 1.54. The van der Waals surface area contributed by atoms with Crippen molar-refractivity contribution < 1.29 is 19.1 Å². The molecule has 0 aliphatic heterocycles. The predicted octanol–water partition coefficient (Wildman–Crippen LogP) is 7.14. The van der Waals surface area contributed by atoms with E-state index in [2.05, 4.69) is 0 Å². The molecule has 3 rings (SSSR count). The lowest BCUT2D eigenvalue weighted by atomic mass is 9.99. The summed E-state index contributed by atoms with van der Waals surface area (Å²) >= 11 is 0. The molecule has 170 valence electrons. The maximum atomic E-state index is 12.8. The Morgan fingerprint density at radius 3 is 2.03 bits per heavy atom. The molecule has 0 heterocycles. The van der Waals surface area contributed by atoms with Crippen molar-refractivity contribution in [3.05, 3.63) is 71.8 Å². The van der Waals surface area contributed by atoms with Crippen LogP contribution in [0.5, 0.6) is 5.75 Å². The van der Waals surface area contributed by atoms with Gasteiger partial charge in [0.05, 0.1) is 5.56 Å². The maximum absolute atomic E-state index is 12.8. The predicted molar refractivity (Wildman–Crippen MR) is 128 cm³/mol. The number of carbonyl (C=O) groups is 2. The molecule has 0 saturated heterocycles. The molecule has 1 aliphatic rings. The van der Waals surface area contributed by atoms with Crippen molar-refractivity contribution in [2.75, 3.05) is 0 Å². The second-order valence-corrected chi connectivity index (χ2v) is 8.48. The number of benzene rings is 2. The Hall–Kier alpha value is -2.88. The van der Waals surface area contributed by atoms with E-state index in [0.29, 0.717) is 11.3 Å². The van der Waals surface area contributed by atoms with Crippen LogP contribution in [0.1, 0.15) is 86.6 Å². The summed E-state index contributed by atoms with van der Waals surface area (Å²) in [6.07, 6.45) is 16.0. The van der Waals surface area contributed by atoms with Gasteiger partial charge in [0.1, 0.15) is 11.9 Å². The van der Waals surface area contributed by atoms with Gasteiger partial charge < -0.3 is 9.47 Å². The van der Waals surface area contributed by atoms with Crippen LogP contribution >= 0.6 is 0 Å². The van der Waals surface area contributed by atoms with Gasteiger partial charge >= 0.3 is 11.9 Å². The van der Waals surface area contributed by atoms with Crippen molar-refractivity contribution in [1.82, 2.24) is 0 Å². The van der Waals surface area contributed by atoms with Crippen LogP contribution < -0.4 is 4.74 Å². The summed E-state index contributed by atoms with van der Waals surface area (Å²) in [6, 6.07) is 16.2. The first-order chi connectivity index (χ1) is 15.7. The highest BCUT2D eigenvalue weighted by Gasteiger charge is 2.17. The Kier molecular flexibility index (Phi) is 10.0. The second-order valence-electron chi connectivity index (χ2n) is 8.48. The molecular formula is C28H34O4. The van der Waals surface area contributed by atoms with Gasteiger partial charge in [-0.1, -0.05) is 81.3 Å². The van der Waals surface area contributed by atoms with E-state index < -0.39 is 5.97 Å². The summed E-state index contributed by atoms with van der Waals surface area (Å²) < 4.78 is 11.2. The SMILES string of the molecule is O=C(/C=C/c1ccccc1)Oc1cccc(C(=O)OC2CCCCCCCCCCC2)c1. The topological polar surface area (TPSA) is 52.6 Å². The fourth-order valence-electron chi connectivity index (χ4n) is 4.03. The van der Waals surface area contributed by atoms with Crippen molar-refractivity contribution >= 4 is 18.0 Å². The molecule has 4 heteroatoms. The van der Waals surface area contributed by atoms with Gasteiger partial charge in [0.25, 0.3) is 0 Å². The molecule has 1 fully saturated rings. The molecule has 0 bridgehead atoms. The van der Waals surface area contributed by atoms with Gasteiger partial charge in [-0.25, -0.2) is 9.59 Å². The van der Waals surface area contributed by atoms with E-state index in [4.69, 9.17) is 9.47 Å². The first kappa shape index (κ1) is 23.8. The van der Waals surface area contributed by atoms with Crippen molar-refractivity contribution in [3.63, 3.8) is 0 Å². The van der Waals surface area contributed by atoms with Gasteiger partial charge in [-0.2, -0.15) is 0 Å². The molecule has 2 aromatic rings. The largest absolute Gasteiger partial charge is 0.459 e. The Morgan fingerprint density at radius 1 is 0.750 bits per heavy atom. The number of rotatable bonds is 5. The molecule has 0 aromatic heterocycles. The lowest BCUT2D eigenvalue weighted by molar-refractivity contribution is -0.128. The van der Waals surface area contributed by atoms with Gasteiger partial charge in [-0.15, -0.1) is 0 Å². The highest BCUT2D eigenvalue weighted by Crippen LogP contribution is 2.21. The van der Waals surface area contributed by atoms with Crippen LogP contribution in [-0.4, -0.2) is 18.0 Å². The zero-order valence-electron chi connectivity index (χ0n) is 18.8. The molecule has 0 unspecified atom stereocenters. The van der Waals surface area contributed by atoms with E-state index >= 15 is 0 Å². The van der Waals surface area contributed by atoms with Gasteiger partial charge in [0.2, 0.25) is 0 Å². The third-order valence-electron chi connectivity index (χ3n) is 5.83. The van der Waals surface area contributed by atoms with Crippen LogP contribution in [-0.2, 0) is 9.53 Å². The lowest BCUT2D eigenvalue weighted by Crippen LogP contribution is -2.19. The first-order valence-electron chi connectivity index (χ1n) is 12.0. The van der Waals surface area contributed by atoms with Crippen LogP contribution in [0.2, 0.25) is 0 Å². The summed E-state index contributed by atoms with van der Waals surface area (Å²) in [5, 5.41) is 0. The minimum Gasteiger partial charge on any atom is -0.459 e. The third-order valence-corrected chi connectivity index (χ3v) is 5.83. The number of hydrogen-bond acceptors (Lipinski definition) is 4. The minimum absolute atomic E-state index is 0.0399. The third kappa shape index (κ3) is 8.70. The summed E-state index contributed by atoms with van der Waals surface area (Å²) in [5.41, 5.74) is 1.33. The normalized spacial score (nSPS) is 16.6. The van der Waals surface area contributed by atoms with Crippen LogP contribution in [0.25, 0.3) is 6.08 Å². The highest BCUT2D eigenvalue weighted by atomic mass is 16.5. The fraction of sp³-hybridized carbons (Fsp3) is 0.429. The van der Waals surface area contributed by atoms with Crippen LogP contribution in [0, 0.1) is 0 Å². The molecule has 0 amide bonds. The summed E-state index contributed by atoms with van der Waals surface area (Å²) in [4.78, 5) is 24.9. The molecule has 0 spiro atoms. The van der Waals surface area contributed by atoms with Gasteiger partial charge in [0, 0.05) is 6.08 Å². The zero-order valence-corrected chi connectivity index (χ0v) is 18.8. The summed E-state index contributed by atoms with van der Waals surface area (Å²) in [7, 11) is 0. The summed E-state index contributed by atoms with van der Waals surface area (Å²) in [5.74, 6) is -0.501. The van der Waals surface area contributed by atoms with Crippen molar-refractivity contribution in [2.24, 2.45) is 0 Å². The monoisotopic (exact) mass is 434 g/mol. The zero-order chi connectivity index (χ0) is 22.4. The number of hydrogen-bond donors (Lipinski definition) is 0. The smallest absolute Gasteiger partial charge is 0.338 e. The highest BCUT2D eigenvalue weighted by molar-refractivity contribution is 5.91. The Labute approximate surface area is 191 Å². The van der Waals surface area contributed by atoms with Crippen LogP contribution in [0.3, 0.4) is 0 Å². The lowest BCUT2D eigenvalue weighted by Gasteiger charge is -2.19.